The van der Waals surface area contributed by atoms with Crippen molar-refractivity contribution in [3.05, 3.63) is 54.6 Å². The summed E-state index contributed by atoms with van der Waals surface area (Å²) in [6.45, 7) is 0. The van der Waals surface area contributed by atoms with Gasteiger partial charge in [-0.3, -0.25) is 0 Å². The average molecular weight is 282 g/mol. The number of benzene rings is 2. The van der Waals surface area contributed by atoms with Gasteiger partial charge in [-0.15, -0.1) is 0 Å². The molecule has 0 fully saturated rings. The fourth-order valence-corrected chi connectivity index (χ4v) is 3.16. The van der Waals surface area contributed by atoms with E-state index in [0.29, 0.717) is 0 Å². The molecule has 0 bridgehead atoms. The number of rotatable bonds is 3. The fraction of sp³-hybridized carbons (Fsp3) is 0. The predicted molar refractivity (Wildman–Crippen MR) is 66.9 cm³/mol. The highest BCUT2D eigenvalue weighted by atomic mass is 32.2. The van der Waals surface area contributed by atoms with Crippen molar-refractivity contribution in [1.82, 2.24) is 0 Å². The van der Waals surface area contributed by atoms with Crippen molar-refractivity contribution in [2.75, 3.05) is 0 Å². The molecule has 0 aliphatic carbocycles. The third kappa shape index (κ3) is 2.44. The maximum absolute atomic E-state index is 12.2. The van der Waals surface area contributed by atoms with Gasteiger partial charge >= 0.3 is 0 Å². The summed E-state index contributed by atoms with van der Waals surface area (Å²) < 4.78 is 45.8. The Labute approximate surface area is 107 Å². The number of thiol groups is 1. The molecule has 0 heterocycles. The molecule has 0 saturated carbocycles. The maximum Gasteiger partial charge on any atom is 0.206 e. The standard InChI is InChI=1S/C12H10O4S2/c13-17(14)10-6-8-12(9-7-10)18(15,16)11-4-2-1-3-5-11/h1-9,17H. The fourth-order valence-electron chi connectivity index (χ4n) is 1.48. The van der Waals surface area contributed by atoms with Crippen LogP contribution in [-0.4, -0.2) is 16.8 Å². The molecule has 0 saturated heterocycles. The van der Waals surface area contributed by atoms with Crippen LogP contribution in [0.3, 0.4) is 0 Å². The Kier molecular flexibility index (Phi) is 3.49. The van der Waals surface area contributed by atoms with Crippen LogP contribution in [0.25, 0.3) is 0 Å². The van der Waals surface area contributed by atoms with Gasteiger partial charge in [-0.1, -0.05) is 18.2 Å². The lowest BCUT2D eigenvalue weighted by Gasteiger charge is -2.04. The summed E-state index contributed by atoms with van der Waals surface area (Å²) in [6, 6.07) is 13.1. The average Bonchev–Trinajstić information content (AvgIpc) is 2.40. The van der Waals surface area contributed by atoms with Crippen LogP contribution in [0.5, 0.6) is 0 Å². The largest absolute Gasteiger partial charge is 0.227 e. The van der Waals surface area contributed by atoms with Crippen LogP contribution < -0.4 is 0 Å². The second kappa shape index (κ2) is 4.91. The van der Waals surface area contributed by atoms with Crippen molar-refractivity contribution >= 4 is 20.5 Å². The van der Waals surface area contributed by atoms with Crippen LogP contribution in [0.2, 0.25) is 0 Å². The summed E-state index contributed by atoms with van der Waals surface area (Å²) in [4.78, 5) is 0.357. The van der Waals surface area contributed by atoms with Gasteiger partial charge in [0.2, 0.25) is 9.84 Å². The number of sulfone groups is 1. The molecule has 0 aromatic heterocycles. The van der Waals surface area contributed by atoms with Crippen LogP contribution in [0.15, 0.2) is 69.3 Å². The molecule has 0 atom stereocenters. The van der Waals surface area contributed by atoms with Gasteiger partial charge in [0.1, 0.15) is 0 Å². The third-order valence-corrected chi connectivity index (χ3v) is 4.92. The van der Waals surface area contributed by atoms with Crippen LogP contribution in [-0.2, 0) is 20.5 Å². The second-order valence-corrected chi connectivity index (χ2v) is 6.55. The zero-order valence-corrected chi connectivity index (χ0v) is 10.9. The third-order valence-electron chi connectivity index (χ3n) is 2.41. The van der Waals surface area contributed by atoms with E-state index in [1.54, 1.807) is 18.2 Å². The van der Waals surface area contributed by atoms with Gasteiger partial charge in [0.25, 0.3) is 0 Å². The smallest absolute Gasteiger partial charge is 0.206 e. The van der Waals surface area contributed by atoms with E-state index in [-0.39, 0.29) is 14.7 Å². The molecule has 0 N–H and O–H groups in total. The van der Waals surface area contributed by atoms with Crippen LogP contribution in [0.4, 0.5) is 0 Å². The lowest BCUT2D eigenvalue weighted by atomic mass is 10.4. The molecule has 2 rings (SSSR count). The van der Waals surface area contributed by atoms with E-state index in [9.17, 15) is 16.8 Å². The van der Waals surface area contributed by atoms with Crippen LogP contribution in [0, 0.1) is 0 Å². The van der Waals surface area contributed by atoms with E-state index in [0.717, 1.165) is 0 Å². The molecule has 0 spiro atoms. The molecule has 0 amide bonds. The SMILES string of the molecule is O=[SH](=O)c1ccc(S(=O)(=O)c2ccccc2)cc1. The Balaban J connectivity index is 2.49. The molecule has 4 nitrogen and oxygen atoms in total. The van der Waals surface area contributed by atoms with E-state index >= 15 is 0 Å². The normalized spacial score (nSPS) is 11.6. The second-order valence-electron chi connectivity index (χ2n) is 3.57. The van der Waals surface area contributed by atoms with E-state index in [2.05, 4.69) is 0 Å². The first-order valence-corrected chi connectivity index (χ1v) is 7.72. The highest BCUT2D eigenvalue weighted by molar-refractivity contribution is 7.91. The topological polar surface area (TPSA) is 68.3 Å². The Bertz CT molecular complexity index is 706. The molecule has 0 aliphatic rings. The van der Waals surface area contributed by atoms with Crippen molar-refractivity contribution in [3.63, 3.8) is 0 Å². The van der Waals surface area contributed by atoms with Gasteiger partial charge in [-0.25, -0.2) is 16.8 Å². The van der Waals surface area contributed by atoms with Gasteiger partial charge in [0.05, 0.1) is 14.7 Å². The quantitative estimate of drug-likeness (QED) is 0.866. The van der Waals surface area contributed by atoms with Gasteiger partial charge < -0.3 is 0 Å². The van der Waals surface area contributed by atoms with Crippen LogP contribution in [0.1, 0.15) is 0 Å². The van der Waals surface area contributed by atoms with Crippen molar-refractivity contribution in [1.29, 1.82) is 0 Å². The molecule has 2 aromatic rings. The Morgan fingerprint density at radius 2 is 1.22 bits per heavy atom. The minimum Gasteiger partial charge on any atom is -0.227 e. The number of hydrogen-bond acceptors (Lipinski definition) is 4. The van der Waals surface area contributed by atoms with E-state index in [1.807, 2.05) is 0 Å². The monoisotopic (exact) mass is 282 g/mol. The highest BCUT2D eigenvalue weighted by Crippen LogP contribution is 2.20. The summed E-state index contributed by atoms with van der Waals surface area (Å²) in [5.41, 5.74) is 0. The lowest BCUT2D eigenvalue weighted by molar-refractivity contribution is 0.595. The Morgan fingerprint density at radius 3 is 1.72 bits per heavy atom. The van der Waals surface area contributed by atoms with Gasteiger partial charge in [-0.2, -0.15) is 0 Å². The number of hydrogen-bond donors (Lipinski definition) is 1. The predicted octanol–water partition coefficient (Wildman–Crippen LogP) is 1.49. The molecule has 6 heteroatoms. The minimum atomic E-state index is -3.58. The Morgan fingerprint density at radius 1 is 0.722 bits per heavy atom. The van der Waals surface area contributed by atoms with E-state index < -0.39 is 20.5 Å². The summed E-state index contributed by atoms with van der Waals surface area (Å²) in [5, 5.41) is 0. The molecule has 0 aliphatic heterocycles. The summed E-state index contributed by atoms with van der Waals surface area (Å²) in [7, 11) is -6.27. The Hall–Kier alpha value is -1.66. The first kappa shape index (κ1) is 12.8. The summed E-state index contributed by atoms with van der Waals surface area (Å²) in [5.74, 6) is 0. The van der Waals surface area contributed by atoms with Gasteiger partial charge in [0.15, 0.2) is 10.7 Å². The summed E-state index contributed by atoms with van der Waals surface area (Å²) in [6.07, 6.45) is 0. The van der Waals surface area contributed by atoms with Crippen LogP contribution >= 0.6 is 0 Å². The molecule has 2 aromatic carbocycles. The van der Waals surface area contributed by atoms with Crippen molar-refractivity contribution in [2.45, 2.75) is 14.7 Å². The molecule has 18 heavy (non-hydrogen) atoms. The molecular formula is C12H10O4S2. The first-order chi connectivity index (χ1) is 8.51. The molecule has 0 unspecified atom stereocenters. The van der Waals surface area contributed by atoms with Gasteiger partial charge in [0, 0.05) is 0 Å². The summed E-state index contributed by atoms with van der Waals surface area (Å²) >= 11 is 0. The zero-order chi connectivity index (χ0) is 13.2. The maximum atomic E-state index is 12.2. The molecular weight excluding hydrogens is 272 g/mol. The highest BCUT2D eigenvalue weighted by Gasteiger charge is 2.16. The molecule has 0 radical (unpaired) electrons. The van der Waals surface area contributed by atoms with E-state index in [4.69, 9.17) is 0 Å². The lowest BCUT2D eigenvalue weighted by Crippen LogP contribution is -2.01. The van der Waals surface area contributed by atoms with E-state index in [1.165, 1.54) is 36.4 Å². The zero-order valence-electron chi connectivity index (χ0n) is 9.18. The van der Waals surface area contributed by atoms with Gasteiger partial charge in [-0.05, 0) is 36.4 Å². The van der Waals surface area contributed by atoms with Crippen molar-refractivity contribution in [2.24, 2.45) is 0 Å². The van der Waals surface area contributed by atoms with Crippen molar-refractivity contribution in [3.8, 4) is 0 Å². The molecule has 94 valence electrons. The van der Waals surface area contributed by atoms with Crippen molar-refractivity contribution < 1.29 is 16.8 Å². The minimum absolute atomic E-state index is 0.0781. The first-order valence-electron chi connectivity index (χ1n) is 5.06.